The fraction of sp³-hybridized carbons (Fsp3) is 0.273. The number of hydrogen-bond donors (Lipinski definition) is 1. The van der Waals surface area contributed by atoms with Crippen molar-refractivity contribution in [3.8, 4) is 0 Å². The first-order valence-corrected chi connectivity index (χ1v) is 4.51. The Morgan fingerprint density at radius 1 is 1.46 bits per heavy atom. The van der Waals surface area contributed by atoms with Gasteiger partial charge < -0.3 is 5.11 Å². The minimum atomic E-state index is -0.370. The molecule has 1 unspecified atom stereocenters. The predicted octanol–water partition coefficient (Wildman–Crippen LogP) is 2.78. The summed E-state index contributed by atoms with van der Waals surface area (Å²) in [5, 5.41) is 9.91. The van der Waals surface area contributed by atoms with E-state index in [0.29, 0.717) is 5.02 Å². The summed E-state index contributed by atoms with van der Waals surface area (Å²) in [6.07, 6.45) is 1.75. The van der Waals surface area contributed by atoms with E-state index in [4.69, 9.17) is 11.6 Å². The number of halogens is 1. The quantitative estimate of drug-likeness (QED) is 0.738. The largest absolute Gasteiger partial charge is 0.395 e. The molecule has 0 radical (unpaired) electrons. The highest BCUT2D eigenvalue weighted by molar-refractivity contribution is 6.30. The highest BCUT2D eigenvalue weighted by Gasteiger charge is 2.21. The second kappa shape index (κ2) is 3.95. The maximum atomic E-state index is 9.20. The number of benzene rings is 1. The minimum absolute atomic E-state index is 0.0537. The first kappa shape index (κ1) is 10.3. The lowest BCUT2D eigenvalue weighted by Crippen LogP contribution is -2.23. The predicted molar refractivity (Wildman–Crippen MR) is 56.1 cm³/mol. The highest BCUT2D eigenvalue weighted by atomic mass is 35.5. The van der Waals surface area contributed by atoms with E-state index in [0.717, 1.165) is 5.56 Å². The van der Waals surface area contributed by atoms with Crippen LogP contribution in [0.25, 0.3) is 0 Å². The van der Waals surface area contributed by atoms with E-state index >= 15 is 0 Å². The third kappa shape index (κ3) is 2.11. The van der Waals surface area contributed by atoms with E-state index in [1.165, 1.54) is 0 Å². The molecule has 0 aliphatic heterocycles. The van der Waals surface area contributed by atoms with Crippen molar-refractivity contribution in [2.75, 3.05) is 6.61 Å². The number of hydrogen-bond acceptors (Lipinski definition) is 1. The summed E-state index contributed by atoms with van der Waals surface area (Å²) in [7, 11) is 0. The van der Waals surface area contributed by atoms with Crippen molar-refractivity contribution in [1.29, 1.82) is 0 Å². The van der Waals surface area contributed by atoms with Crippen molar-refractivity contribution >= 4 is 11.6 Å². The summed E-state index contributed by atoms with van der Waals surface area (Å²) >= 11 is 5.76. The van der Waals surface area contributed by atoms with Gasteiger partial charge in [-0.05, 0) is 24.6 Å². The maximum absolute atomic E-state index is 9.20. The third-order valence-electron chi connectivity index (χ3n) is 2.28. The van der Waals surface area contributed by atoms with Gasteiger partial charge in [0.1, 0.15) is 0 Å². The molecule has 1 nitrogen and oxygen atoms in total. The molecule has 0 aliphatic carbocycles. The van der Waals surface area contributed by atoms with Crippen LogP contribution in [-0.4, -0.2) is 11.7 Å². The number of aliphatic hydroxyl groups is 1. The Balaban J connectivity index is 3.06. The van der Waals surface area contributed by atoms with Gasteiger partial charge in [-0.25, -0.2) is 0 Å². The average Bonchev–Trinajstić information content (AvgIpc) is 2.18. The fourth-order valence-electron chi connectivity index (χ4n) is 1.10. The molecule has 1 aromatic rings. The van der Waals surface area contributed by atoms with Crippen LogP contribution in [0.15, 0.2) is 36.9 Å². The summed E-state index contributed by atoms with van der Waals surface area (Å²) in [5.74, 6) is 0. The molecule has 70 valence electrons. The molecule has 0 aromatic heterocycles. The Morgan fingerprint density at radius 2 is 2.00 bits per heavy atom. The van der Waals surface area contributed by atoms with Crippen molar-refractivity contribution in [3.05, 3.63) is 47.5 Å². The molecular weight excluding hydrogens is 184 g/mol. The zero-order valence-electron chi connectivity index (χ0n) is 7.63. The second-order valence-electron chi connectivity index (χ2n) is 3.29. The van der Waals surface area contributed by atoms with Gasteiger partial charge in [0.15, 0.2) is 0 Å². The number of rotatable bonds is 3. The molecule has 1 rings (SSSR count). The van der Waals surface area contributed by atoms with Crippen molar-refractivity contribution in [3.63, 3.8) is 0 Å². The molecule has 0 bridgehead atoms. The lowest BCUT2D eigenvalue weighted by Gasteiger charge is -2.23. The van der Waals surface area contributed by atoms with Crippen LogP contribution in [0, 0.1) is 0 Å². The summed E-state index contributed by atoms with van der Waals surface area (Å²) in [4.78, 5) is 0. The van der Waals surface area contributed by atoms with Crippen molar-refractivity contribution < 1.29 is 5.11 Å². The Hall–Kier alpha value is -0.790. The lowest BCUT2D eigenvalue weighted by atomic mass is 9.84. The summed E-state index contributed by atoms with van der Waals surface area (Å²) in [6, 6.07) is 7.43. The molecule has 2 heteroatoms. The van der Waals surface area contributed by atoms with Crippen LogP contribution in [-0.2, 0) is 5.41 Å². The van der Waals surface area contributed by atoms with Gasteiger partial charge in [-0.2, -0.15) is 0 Å². The standard InChI is InChI=1S/C11H13ClO/c1-3-11(2,8-13)9-4-6-10(12)7-5-9/h3-7,13H,1,8H2,2H3. The summed E-state index contributed by atoms with van der Waals surface area (Å²) < 4.78 is 0. The van der Waals surface area contributed by atoms with Crippen LogP contribution < -0.4 is 0 Å². The minimum Gasteiger partial charge on any atom is -0.395 e. The van der Waals surface area contributed by atoms with Crippen LogP contribution in [0.5, 0.6) is 0 Å². The van der Waals surface area contributed by atoms with E-state index in [9.17, 15) is 5.11 Å². The van der Waals surface area contributed by atoms with Crippen molar-refractivity contribution in [2.24, 2.45) is 0 Å². The molecule has 13 heavy (non-hydrogen) atoms. The first-order chi connectivity index (χ1) is 6.12. The smallest absolute Gasteiger partial charge is 0.0559 e. The second-order valence-corrected chi connectivity index (χ2v) is 3.72. The van der Waals surface area contributed by atoms with Gasteiger partial charge in [0, 0.05) is 10.4 Å². The molecule has 0 heterocycles. The normalized spacial score (nSPS) is 15.0. The highest BCUT2D eigenvalue weighted by Crippen LogP contribution is 2.25. The van der Waals surface area contributed by atoms with E-state index < -0.39 is 0 Å². The van der Waals surface area contributed by atoms with Crippen LogP contribution in [0.2, 0.25) is 5.02 Å². The van der Waals surface area contributed by atoms with E-state index in [-0.39, 0.29) is 12.0 Å². The van der Waals surface area contributed by atoms with E-state index in [1.54, 1.807) is 6.08 Å². The van der Waals surface area contributed by atoms with Gasteiger partial charge in [0.25, 0.3) is 0 Å². The molecule has 1 aromatic carbocycles. The number of aliphatic hydroxyl groups excluding tert-OH is 1. The molecule has 1 atom stereocenters. The van der Waals surface area contributed by atoms with Crippen molar-refractivity contribution in [2.45, 2.75) is 12.3 Å². The van der Waals surface area contributed by atoms with Crippen molar-refractivity contribution in [1.82, 2.24) is 0 Å². The Labute approximate surface area is 83.7 Å². The molecule has 0 aliphatic rings. The molecular formula is C11H13ClO. The molecule has 0 saturated carbocycles. The van der Waals surface area contributed by atoms with Gasteiger partial charge in [-0.1, -0.05) is 29.8 Å². The zero-order valence-corrected chi connectivity index (χ0v) is 8.38. The van der Waals surface area contributed by atoms with E-state index in [1.807, 2.05) is 31.2 Å². The van der Waals surface area contributed by atoms with E-state index in [2.05, 4.69) is 6.58 Å². The average molecular weight is 197 g/mol. The zero-order chi connectivity index (χ0) is 9.90. The van der Waals surface area contributed by atoms with Crippen LogP contribution >= 0.6 is 11.6 Å². The molecule has 0 saturated heterocycles. The Kier molecular flexibility index (Phi) is 3.12. The van der Waals surface area contributed by atoms with Crippen LogP contribution in [0.4, 0.5) is 0 Å². The van der Waals surface area contributed by atoms with Gasteiger partial charge in [0.2, 0.25) is 0 Å². The third-order valence-corrected chi connectivity index (χ3v) is 2.53. The molecule has 0 amide bonds. The SMILES string of the molecule is C=CC(C)(CO)c1ccc(Cl)cc1. The summed E-state index contributed by atoms with van der Waals surface area (Å²) in [6.45, 7) is 5.70. The maximum Gasteiger partial charge on any atom is 0.0559 e. The van der Waals surface area contributed by atoms with Gasteiger partial charge >= 0.3 is 0 Å². The monoisotopic (exact) mass is 196 g/mol. The summed E-state index contributed by atoms with van der Waals surface area (Å²) in [5.41, 5.74) is 0.652. The van der Waals surface area contributed by atoms with Crippen LogP contribution in [0.1, 0.15) is 12.5 Å². The lowest BCUT2D eigenvalue weighted by molar-refractivity contribution is 0.236. The molecule has 1 N–H and O–H groups in total. The molecule has 0 fully saturated rings. The molecule has 0 spiro atoms. The van der Waals surface area contributed by atoms with Gasteiger partial charge in [0.05, 0.1) is 6.61 Å². The fourth-order valence-corrected chi connectivity index (χ4v) is 1.23. The first-order valence-electron chi connectivity index (χ1n) is 4.13. The van der Waals surface area contributed by atoms with Gasteiger partial charge in [-0.3, -0.25) is 0 Å². The van der Waals surface area contributed by atoms with Gasteiger partial charge in [-0.15, -0.1) is 6.58 Å². The van der Waals surface area contributed by atoms with Crippen LogP contribution in [0.3, 0.4) is 0 Å². The Bertz CT molecular complexity index is 291. The topological polar surface area (TPSA) is 20.2 Å². The Morgan fingerprint density at radius 3 is 2.38 bits per heavy atom.